The maximum Gasteiger partial charge on any atom is 0.252 e. The van der Waals surface area contributed by atoms with E-state index in [4.69, 9.17) is 0 Å². The number of aromatic nitrogens is 2. The molecule has 3 N–H and O–H groups in total. The van der Waals surface area contributed by atoms with Crippen LogP contribution in [0.25, 0.3) is 10.9 Å². The lowest BCUT2D eigenvalue weighted by Gasteiger charge is -2.31. The van der Waals surface area contributed by atoms with E-state index in [-0.39, 0.29) is 17.0 Å². The minimum atomic E-state index is -3.91. The standard InChI is InChI=1S/C18H19N3O4S/c1-2-26(24,25)18(12-22,16-5-3-4-9-20-16)21-17(23)14-6-7-15-13(11-14)8-10-19-15/h3-11,19,22H,2,12H2,1H3,(H,21,23). The van der Waals surface area contributed by atoms with E-state index < -0.39 is 27.2 Å². The lowest BCUT2D eigenvalue weighted by atomic mass is 10.1. The van der Waals surface area contributed by atoms with Crippen LogP contribution < -0.4 is 5.32 Å². The number of aliphatic hydroxyl groups is 1. The molecule has 136 valence electrons. The van der Waals surface area contributed by atoms with Gasteiger partial charge in [-0.2, -0.15) is 0 Å². The number of hydrogen-bond acceptors (Lipinski definition) is 5. The van der Waals surface area contributed by atoms with Crippen molar-refractivity contribution in [1.82, 2.24) is 15.3 Å². The third-order valence-corrected chi connectivity index (χ3v) is 6.61. The summed E-state index contributed by atoms with van der Waals surface area (Å²) < 4.78 is 25.5. The Morgan fingerprint density at radius 2 is 2.08 bits per heavy atom. The molecule has 26 heavy (non-hydrogen) atoms. The predicted molar refractivity (Wildman–Crippen MR) is 98.2 cm³/mol. The molecule has 1 atom stereocenters. The van der Waals surface area contributed by atoms with Crippen molar-refractivity contribution in [2.75, 3.05) is 12.4 Å². The third kappa shape index (κ3) is 2.97. The summed E-state index contributed by atoms with van der Waals surface area (Å²) in [5.41, 5.74) is 1.22. The molecule has 3 rings (SSSR count). The van der Waals surface area contributed by atoms with Gasteiger partial charge in [-0.05, 0) is 36.4 Å². The number of nitrogens with one attached hydrogen (secondary N) is 2. The number of nitrogens with zero attached hydrogens (tertiary/aromatic N) is 1. The van der Waals surface area contributed by atoms with Crippen LogP contribution in [0, 0.1) is 0 Å². The van der Waals surface area contributed by atoms with Crippen molar-refractivity contribution in [2.24, 2.45) is 0 Å². The van der Waals surface area contributed by atoms with Crippen LogP contribution in [0.2, 0.25) is 0 Å². The number of rotatable bonds is 6. The molecule has 0 radical (unpaired) electrons. The van der Waals surface area contributed by atoms with E-state index in [0.717, 1.165) is 10.9 Å². The van der Waals surface area contributed by atoms with Crippen molar-refractivity contribution in [2.45, 2.75) is 11.8 Å². The van der Waals surface area contributed by atoms with Crippen molar-refractivity contribution in [3.8, 4) is 0 Å². The van der Waals surface area contributed by atoms with Crippen molar-refractivity contribution in [3.05, 3.63) is 66.1 Å². The molecule has 1 amide bonds. The summed E-state index contributed by atoms with van der Waals surface area (Å²) in [7, 11) is -3.91. The summed E-state index contributed by atoms with van der Waals surface area (Å²) in [4.78, 5) is 17.9. The van der Waals surface area contributed by atoms with Crippen LogP contribution in [0.15, 0.2) is 54.9 Å². The molecule has 0 aliphatic heterocycles. The number of pyridine rings is 1. The Morgan fingerprint density at radius 3 is 2.73 bits per heavy atom. The van der Waals surface area contributed by atoms with Gasteiger partial charge in [-0.1, -0.05) is 13.0 Å². The van der Waals surface area contributed by atoms with Crippen molar-refractivity contribution >= 4 is 26.6 Å². The van der Waals surface area contributed by atoms with Crippen molar-refractivity contribution in [1.29, 1.82) is 0 Å². The SMILES string of the molecule is CCS(=O)(=O)C(CO)(NC(=O)c1ccc2[nH]ccc2c1)c1ccccn1. The van der Waals surface area contributed by atoms with Crippen LogP contribution in [-0.4, -0.2) is 41.8 Å². The zero-order chi connectivity index (χ0) is 18.8. The van der Waals surface area contributed by atoms with Gasteiger partial charge >= 0.3 is 0 Å². The zero-order valence-corrected chi connectivity index (χ0v) is 15.0. The molecule has 0 aliphatic carbocycles. The fourth-order valence-electron chi connectivity index (χ4n) is 2.82. The number of aliphatic hydroxyl groups excluding tert-OH is 1. The number of benzene rings is 1. The molecular weight excluding hydrogens is 354 g/mol. The minimum Gasteiger partial charge on any atom is -0.392 e. The molecule has 0 aliphatic rings. The highest BCUT2D eigenvalue weighted by atomic mass is 32.2. The predicted octanol–water partition coefficient (Wildman–Crippen LogP) is 1.57. The fourth-order valence-corrected chi connectivity index (χ4v) is 4.20. The Labute approximate surface area is 151 Å². The van der Waals surface area contributed by atoms with Gasteiger partial charge in [0.25, 0.3) is 5.91 Å². The summed E-state index contributed by atoms with van der Waals surface area (Å²) >= 11 is 0. The van der Waals surface area contributed by atoms with Gasteiger partial charge in [0.15, 0.2) is 9.84 Å². The molecule has 2 heterocycles. The summed E-state index contributed by atoms with van der Waals surface area (Å²) in [6.07, 6.45) is 3.17. The molecule has 0 saturated carbocycles. The molecule has 0 spiro atoms. The van der Waals surface area contributed by atoms with Crippen LogP contribution >= 0.6 is 0 Å². The molecule has 3 aromatic rings. The van der Waals surface area contributed by atoms with Crippen LogP contribution in [0.3, 0.4) is 0 Å². The summed E-state index contributed by atoms with van der Waals surface area (Å²) in [6.45, 7) is 0.638. The molecule has 8 heteroatoms. The first-order valence-corrected chi connectivity index (χ1v) is 9.73. The van der Waals surface area contributed by atoms with E-state index in [1.54, 1.807) is 36.5 Å². The Hall–Kier alpha value is -2.71. The Balaban J connectivity index is 2.06. The molecule has 7 nitrogen and oxygen atoms in total. The Morgan fingerprint density at radius 1 is 1.27 bits per heavy atom. The second-order valence-corrected chi connectivity index (χ2v) is 8.34. The quantitative estimate of drug-likeness (QED) is 0.607. The number of carbonyl (C=O) groups is 1. The topological polar surface area (TPSA) is 112 Å². The fraction of sp³-hybridized carbons (Fsp3) is 0.222. The van der Waals surface area contributed by atoms with Gasteiger partial charge in [-0.3, -0.25) is 9.78 Å². The number of aromatic amines is 1. The van der Waals surface area contributed by atoms with Crippen LogP contribution in [0.4, 0.5) is 0 Å². The lowest BCUT2D eigenvalue weighted by Crippen LogP contribution is -2.55. The maximum absolute atomic E-state index is 12.8. The van der Waals surface area contributed by atoms with Gasteiger partial charge in [0.05, 0.1) is 18.1 Å². The summed E-state index contributed by atoms with van der Waals surface area (Å²) in [5.74, 6) is -0.869. The number of sulfone groups is 1. The zero-order valence-electron chi connectivity index (χ0n) is 14.1. The highest BCUT2D eigenvalue weighted by Gasteiger charge is 2.46. The molecule has 1 aromatic carbocycles. The monoisotopic (exact) mass is 373 g/mol. The molecule has 0 fully saturated rings. The second-order valence-electron chi connectivity index (χ2n) is 5.84. The average molecular weight is 373 g/mol. The first-order valence-electron chi connectivity index (χ1n) is 8.08. The van der Waals surface area contributed by atoms with E-state index in [1.807, 2.05) is 6.07 Å². The number of fused-ring (bicyclic) bond motifs is 1. The van der Waals surface area contributed by atoms with Gasteiger partial charge < -0.3 is 15.4 Å². The molecule has 1 unspecified atom stereocenters. The summed E-state index contributed by atoms with van der Waals surface area (Å²) in [6, 6.07) is 11.5. The van der Waals surface area contributed by atoms with Crippen molar-refractivity contribution < 1.29 is 18.3 Å². The van der Waals surface area contributed by atoms with E-state index in [0.29, 0.717) is 0 Å². The smallest absolute Gasteiger partial charge is 0.252 e. The number of amides is 1. The third-order valence-electron chi connectivity index (χ3n) is 4.34. The second kappa shape index (κ2) is 6.89. The van der Waals surface area contributed by atoms with Gasteiger partial charge in [0, 0.05) is 28.9 Å². The van der Waals surface area contributed by atoms with Crippen LogP contribution in [0.5, 0.6) is 0 Å². The number of H-pyrrole nitrogens is 1. The highest BCUT2D eigenvalue weighted by molar-refractivity contribution is 7.92. The number of hydrogen-bond donors (Lipinski definition) is 3. The van der Waals surface area contributed by atoms with Gasteiger partial charge in [-0.15, -0.1) is 0 Å². The van der Waals surface area contributed by atoms with Crippen LogP contribution in [0.1, 0.15) is 23.0 Å². The number of carbonyl (C=O) groups excluding carboxylic acids is 1. The Kier molecular flexibility index (Phi) is 4.80. The molecule has 0 bridgehead atoms. The first kappa shape index (κ1) is 18.1. The average Bonchev–Trinajstić information content (AvgIpc) is 3.14. The molecule has 2 aromatic heterocycles. The van der Waals surface area contributed by atoms with E-state index in [9.17, 15) is 18.3 Å². The van der Waals surface area contributed by atoms with E-state index in [2.05, 4.69) is 15.3 Å². The highest BCUT2D eigenvalue weighted by Crippen LogP contribution is 2.27. The van der Waals surface area contributed by atoms with Crippen molar-refractivity contribution in [3.63, 3.8) is 0 Å². The van der Waals surface area contributed by atoms with Crippen LogP contribution in [-0.2, 0) is 14.7 Å². The summed E-state index contributed by atoms with van der Waals surface area (Å²) in [5, 5.41) is 13.3. The normalized spacial score (nSPS) is 14.1. The lowest BCUT2D eigenvalue weighted by molar-refractivity contribution is 0.0892. The van der Waals surface area contributed by atoms with E-state index >= 15 is 0 Å². The molecular formula is C18H19N3O4S. The minimum absolute atomic E-state index is 0.0698. The largest absolute Gasteiger partial charge is 0.392 e. The van der Waals surface area contributed by atoms with E-state index in [1.165, 1.54) is 19.2 Å². The van der Waals surface area contributed by atoms with Gasteiger partial charge in [0.1, 0.15) is 0 Å². The molecule has 0 saturated heterocycles. The first-order chi connectivity index (χ1) is 12.4. The van der Waals surface area contributed by atoms with Gasteiger partial charge in [-0.25, -0.2) is 8.42 Å². The maximum atomic E-state index is 12.8. The van der Waals surface area contributed by atoms with Gasteiger partial charge in [0.2, 0.25) is 4.87 Å². The Bertz CT molecular complexity index is 1030.